The van der Waals surface area contributed by atoms with E-state index in [1.807, 2.05) is 0 Å². The fraction of sp³-hybridized carbons (Fsp3) is 0.0526. The Morgan fingerprint density at radius 2 is 1.82 bits per heavy atom. The van der Waals surface area contributed by atoms with Gasteiger partial charge in [-0.25, -0.2) is 0 Å². The Hall–Kier alpha value is -3.10. The monoisotopic (exact) mass is 417 g/mol. The van der Waals surface area contributed by atoms with E-state index in [4.69, 9.17) is 16.0 Å². The molecule has 0 atom stereocenters. The zero-order chi connectivity index (χ0) is 20.1. The molecule has 0 unspecified atom stereocenters. The van der Waals surface area contributed by atoms with E-state index in [-0.39, 0.29) is 16.6 Å². The number of nitrogens with one attached hydrogen (secondary N) is 2. The Morgan fingerprint density at radius 1 is 1.07 bits per heavy atom. The van der Waals surface area contributed by atoms with Crippen LogP contribution in [0.2, 0.25) is 5.02 Å². The number of hydrogen-bond donors (Lipinski definition) is 2. The van der Waals surface area contributed by atoms with Crippen LogP contribution < -0.4 is 10.1 Å². The van der Waals surface area contributed by atoms with Crippen LogP contribution in [0.1, 0.15) is 23.0 Å². The summed E-state index contributed by atoms with van der Waals surface area (Å²) in [5.41, 5.74) is 1.58. The number of benzene rings is 2. The number of hydrazone groups is 1. The lowest BCUT2D eigenvalue weighted by Gasteiger charge is -2.08. The van der Waals surface area contributed by atoms with E-state index in [2.05, 4.69) is 15.2 Å². The highest BCUT2D eigenvalue weighted by atomic mass is 35.5. The van der Waals surface area contributed by atoms with Gasteiger partial charge in [-0.3, -0.25) is 4.79 Å². The lowest BCUT2D eigenvalue weighted by Crippen LogP contribution is -2.20. The third-order valence-electron chi connectivity index (χ3n) is 3.74. The van der Waals surface area contributed by atoms with E-state index in [1.165, 1.54) is 30.5 Å². The minimum absolute atomic E-state index is 0.0490. The van der Waals surface area contributed by atoms with Crippen molar-refractivity contribution in [3.05, 3.63) is 83.3 Å². The standard InChI is InChI=1S/C19H16ClN3O4S/c1-13(22-23-28(25,26)17-9-7-15(20)8-10-17)14-4-2-5-16(12-14)21-19(24)18-6-3-11-27-18/h2-12,23H,1H3,(H,21,24)/b22-13-. The Labute approximate surface area is 167 Å². The molecule has 0 fully saturated rings. The Balaban J connectivity index is 1.74. The Morgan fingerprint density at radius 3 is 2.50 bits per heavy atom. The average molecular weight is 418 g/mol. The van der Waals surface area contributed by atoms with Gasteiger partial charge in [-0.15, -0.1) is 0 Å². The van der Waals surface area contributed by atoms with Gasteiger partial charge in [0, 0.05) is 10.7 Å². The molecule has 0 aliphatic carbocycles. The number of furan rings is 1. The molecular formula is C19H16ClN3O4S. The molecule has 2 N–H and O–H groups in total. The summed E-state index contributed by atoms with van der Waals surface area (Å²) in [6.07, 6.45) is 1.41. The van der Waals surface area contributed by atoms with Gasteiger partial charge >= 0.3 is 0 Å². The first kappa shape index (κ1) is 19.7. The third kappa shape index (κ3) is 4.79. The number of amides is 1. The van der Waals surface area contributed by atoms with Crippen LogP contribution in [0.25, 0.3) is 0 Å². The number of sulfonamides is 1. The highest BCUT2D eigenvalue weighted by Gasteiger charge is 2.13. The summed E-state index contributed by atoms with van der Waals surface area (Å²) in [6, 6.07) is 15.8. The van der Waals surface area contributed by atoms with E-state index >= 15 is 0 Å². The van der Waals surface area contributed by atoms with Crippen molar-refractivity contribution < 1.29 is 17.6 Å². The van der Waals surface area contributed by atoms with Crippen LogP contribution in [-0.4, -0.2) is 20.0 Å². The molecule has 0 saturated carbocycles. The molecule has 1 heterocycles. The van der Waals surface area contributed by atoms with E-state index in [9.17, 15) is 13.2 Å². The first-order chi connectivity index (χ1) is 13.3. The highest BCUT2D eigenvalue weighted by molar-refractivity contribution is 7.89. The van der Waals surface area contributed by atoms with Gasteiger partial charge in [0.15, 0.2) is 5.76 Å². The van der Waals surface area contributed by atoms with Crippen LogP contribution >= 0.6 is 11.6 Å². The topological polar surface area (TPSA) is 101 Å². The number of carbonyl (C=O) groups excluding carboxylic acids is 1. The van der Waals surface area contributed by atoms with Crippen molar-refractivity contribution >= 4 is 38.9 Å². The van der Waals surface area contributed by atoms with Crippen molar-refractivity contribution in [2.24, 2.45) is 5.10 Å². The van der Waals surface area contributed by atoms with Gasteiger partial charge in [-0.2, -0.15) is 18.4 Å². The fourth-order valence-corrected chi connectivity index (χ4v) is 3.26. The van der Waals surface area contributed by atoms with Gasteiger partial charge in [0.25, 0.3) is 15.9 Å². The number of nitrogens with zero attached hydrogens (tertiary/aromatic N) is 1. The van der Waals surface area contributed by atoms with Crippen molar-refractivity contribution in [3.63, 3.8) is 0 Å². The molecule has 0 spiro atoms. The molecule has 0 radical (unpaired) electrons. The second-order valence-corrected chi connectivity index (χ2v) is 7.86. The maximum absolute atomic E-state index is 12.3. The second kappa shape index (κ2) is 8.28. The number of anilines is 1. The molecule has 3 rings (SSSR count). The number of halogens is 1. The largest absolute Gasteiger partial charge is 0.459 e. The smallest absolute Gasteiger partial charge is 0.291 e. The zero-order valence-corrected chi connectivity index (χ0v) is 16.3. The molecule has 7 nitrogen and oxygen atoms in total. The highest BCUT2D eigenvalue weighted by Crippen LogP contribution is 2.15. The van der Waals surface area contributed by atoms with Gasteiger partial charge in [-0.05, 0) is 61.0 Å². The number of carbonyl (C=O) groups is 1. The average Bonchev–Trinajstić information content (AvgIpc) is 3.22. The van der Waals surface area contributed by atoms with Crippen LogP contribution in [0.3, 0.4) is 0 Å². The molecule has 9 heteroatoms. The molecule has 0 aliphatic heterocycles. The summed E-state index contributed by atoms with van der Waals surface area (Å²) < 4.78 is 29.6. The van der Waals surface area contributed by atoms with E-state index in [0.29, 0.717) is 22.0 Å². The molecule has 144 valence electrons. The third-order valence-corrected chi connectivity index (χ3v) is 5.22. The zero-order valence-electron chi connectivity index (χ0n) is 14.7. The molecule has 0 saturated heterocycles. The van der Waals surface area contributed by atoms with Gasteiger partial charge in [0.05, 0.1) is 16.9 Å². The SMILES string of the molecule is C/C(=N/NS(=O)(=O)c1ccc(Cl)cc1)c1cccc(NC(=O)c2ccco2)c1. The predicted octanol–water partition coefficient (Wildman–Crippen LogP) is 3.89. The van der Waals surface area contributed by atoms with Gasteiger partial charge in [0.1, 0.15) is 0 Å². The molecule has 0 bridgehead atoms. The molecular weight excluding hydrogens is 402 g/mol. The summed E-state index contributed by atoms with van der Waals surface area (Å²) in [7, 11) is -3.82. The van der Waals surface area contributed by atoms with Gasteiger partial charge in [-0.1, -0.05) is 23.7 Å². The normalized spacial score (nSPS) is 11.9. The van der Waals surface area contributed by atoms with Gasteiger partial charge < -0.3 is 9.73 Å². The summed E-state index contributed by atoms with van der Waals surface area (Å²) in [5, 5.41) is 7.09. The summed E-state index contributed by atoms with van der Waals surface area (Å²) >= 11 is 5.77. The molecule has 3 aromatic rings. The molecule has 28 heavy (non-hydrogen) atoms. The number of rotatable bonds is 6. The van der Waals surface area contributed by atoms with Gasteiger partial charge in [0.2, 0.25) is 0 Å². The summed E-state index contributed by atoms with van der Waals surface area (Å²) in [5.74, 6) is -0.202. The predicted molar refractivity (Wildman–Crippen MR) is 107 cm³/mol. The van der Waals surface area contributed by atoms with Crippen LogP contribution in [0.5, 0.6) is 0 Å². The minimum Gasteiger partial charge on any atom is -0.459 e. The quantitative estimate of drug-likeness (QED) is 0.469. The fourth-order valence-electron chi connectivity index (χ4n) is 2.28. The van der Waals surface area contributed by atoms with Crippen molar-refractivity contribution in [1.82, 2.24) is 4.83 Å². The molecule has 1 aromatic heterocycles. The maximum Gasteiger partial charge on any atom is 0.291 e. The van der Waals surface area contributed by atoms with E-state index in [1.54, 1.807) is 43.3 Å². The summed E-state index contributed by atoms with van der Waals surface area (Å²) in [4.78, 5) is 14.3. The second-order valence-electron chi connectivity index (χ2n) is 5.76. The van der Waals surface area contributed by atoms with Crippen LogP contribution in [0.4, 0.5) is 5.69 Å². The lowest BCUT2D eigenvalue weighted by molar-refractivity contribution is 0.0996. The maximum atomic E-state index is 12.3. The minimum atomic E-state index is -3.82. The lowest BCUT2D eigenvalue weighted by atomic mass is 10.1. The van der Waals surface area contributed by atoms with E-state index < -0.39 is 10.0 Å². The molecule has 2 aromatic carbocycles. The number of hydrogen-bond acceptors (Lipinski definition) is 5. The van der Waals surface area contributed by atoms with Crippen molar-refractivity contribution in [1.29, 1.82) is 0 Å². The first-order valence-corrected chi connectivity index (χ1v) is 9.98. The Bertz CT molecular complexity index is 1110. The van der Waals surface area contributed by atoms with Crippen LogP contribution in [0, 0.1) is 0 Å². The van der Waals surface area contributed by atoms with Crippen molar-refractivity contribution in [3.8, 4) is 0 Å². The Kier molecular flexibility index (Phi) is 5.81. The van der Waals surface area contributed by atoms with Crippen LogP contribution in [-0.2, 0) is 10.0 Å². The van der Waals surface area contributed by atoms with Crippen molar-refractivity contribution in [2.45, 2.75) is 11.8 Å². The molecule has 0 aliphatic rings. The van der Waals surface area contributed by atoms with Crippen molar-refractivity contribution in [2.75, 3.05) is 5.32 Å². The first-order valence-electron chi connectivity index (χ1n) is 8.12. The molecule has 1 amide bonds. The van der Waals surface area contributed by atoms with E-state index in [0.717, 1.165) is 0 Å². The summed E-state index contributed by atoms with van der Waals surface area (Å²) in [6.45, 7) is 1.65. The van der Waals surface area contributed by atoms with Crippen LogP contribution in [0.15, 0.2) is 81.3 Å².